The van der Waals surface area contributed by atoms with E-state index in [1.165, 1.54) is 22.7 Å². The van der Waals surface area contributed by atoms with Gasteiger partial charge in [0.25, 0.3) is 18.1 Å². The van der Waals surface area contributed by atoms with Gasteiger partial charge in [-0.3, -0.25) is 0 Å². The zero-order chi connectivity index (χ0) is 31.5. The third-order valence-electron chi connectivity index (χ3n) is 6.81. The van der Waals surface area contributed by atoms with Crippen LogP contribution < -0.4 is 9.47 Å². The normalized spacial score (nSPS) is 11.7. The van der Waals surface area contributed by atoms with Crippen molar-refractivity contribution in [1.29, 1.82) is 0 Å². The molecule has 0 aliphatic rings. The van der Waals surface area contributed by atoms with E-state index in [0.29, 0.717) is 23.6 Å². The molecule has 6 aromatic rings. The molecule has 2 heterocycles. The van der Waals surface area contributed by atoms with E-state index in [2.05, 4.69) is 0 Å². The van der Waals surface area contributed by atoms with Crippen LogP contribution in [0.3, 0.4) is 0 Å². The fourth-order valence-corrected chi connectivity index (χ4v) is 11.1. The van der Waals surface area contributed by atoms with Crippen LogP contribution in [0.25, 0.3) is 20.2 Å². The average molecular weight is 706 g/mol. The van der Waals surface area contributed by atoms with E-state index in [9.17, 15) is 16.8 Å². The highest BCUT2D eigenvalue weighted by molar-refractivity contribution is 8.14. The second kappa shape index (κ2) is 13.5. The summed E-state index contributed by atoms with van der Waals surface area (Å²) >= 11 is 2.89. The summed E-state index contributed by atoms with van der Waals surface area (Å²) in [7, 11) is 6.91. The maximum absolute atomic E-state index is 12.0. The number of ether oxygens (including phenoxy) is 2. The SMILES string of the molecule is COc1ccccc1Cc1sc2ccccc2c1S(=O)(=O)Cl.COc1ccccc1Cc1sc2ccccc2c1S(=O)(=O)Cl. The summed E-state index contributed by atoms with van der Waals surface area (Å²) in [4.78, 5) is 1.86. The molecule has 12 heteroatoms. The van der Waals surface area contributed by atoms with Crippen LogP contribution in [0.2, 0.25) is 0 Å². The molecule has 0 saturated carbocycles. The van der Waals surface area contributed by atoms with Crippen LogP contribution in [0, 0.1) is 0 Å². The van der Waals surface area contributed by atoms with Gasteiger partial charge in [0.1, 0.15) is 21.3 Å². The van der Waals surface area contributed by atoms with Crippen molar-refractivity contribution in [2.24, 2.45) is 0 Å². The lowest BCUT2D eigenvalue weighted by Gasteiger charge is -2.07. The molecule has 0 atom stereocenters. The summed E-state index contributed by atoms with van der Waals surface area (Å²) in [6, 6.07) is 29.9. The van der Waals surface area contributed by atoms with Gasteiger partial charge in [-0.05, 0) is 35.4 Å². The molecular formula is C32H26Cl2O6S4. The van der Waals surface area contributed by atoms with E-state index in [0.717, 1.165) is 41.8 Å². The maximum Gasteiger partial charge on any atom is 0.263 e. The number of para-hydroxylation sites is 2. The van der Waals surface area contributed by atoms with Gasteiger partial charge >= 0.3 is 0 Å². The highest BCUT2D eigenvalue weighted by Crippen LogP contribution is 2.40. The third-order valence-corrected chi connectivity index (χ3v) is 12.2. The summed E-state index contributed by atoms with van der Waals surface area (Å²) in [5, 5.41) is 1.35. The van der Waals surface area contributed by atoms with E-state index in [1.807, 2.05) is 84.9 Å². The van der Waals surface area contributed by atoms with E-state index in [4.69, 9.17) is 30.8 Å². The summed E-state index contributed by atoms with van der Waals surface area (Å²) in [6.07, 6.45) is 0.926. The van der Waals surface area contributed by atoms with E-state index < -0.39 is 18.1 Å². The standard InChI is InChI=1S/2C16H13ClO3S2/c2*1-20-13-8-4-2-6-11(13)10-15-16(22(17,18)19)12-7-3-5-9-14(12)21-15/h2*2-9H,10H2,1H3. The van der Waals surface area contributed by atoms with Crippen molar-refractivity contribution in [1.82, 2.24) is 0 Å². The predicted molar refractivity (Wildman–Crippen MR) is 181 cm³/mol. The molecule has 0 fully saturated rings. The Balaban J connectivity index is 0.000000175. The number of hydrogen-bond acceptors (Lipinski definition) is 8. The van der Waals surface area contributed by atoms with E-state index in [-0.39, 0.29) is 9.79 Å². The second-order valence-electron chi connectivity index (χ2n) is 9.55. The van der Waals surface area contributed by atoms with E-state index in [1.54, 1.807) is 26.4 Å². The van der Waals surface area contributed by atoms with Crippen molar-refractivity contribution >= 4 is 82.3 Å². The number of halogens is 2. The number of methoxy groups -OCH3 is 2. The van der Waals surface area contributed by atoms with Gasteiger partial charge in [-0.25, -0.2) is 16.8 Å². The lowest BCUT2D eigenvalue weighted by atomic mass is 10.1. The molecule has 0 unspecified atom stereocenters. The highest BCUT2D eigenvalue weighted by atomic mass is 35.7. The zero-order valence-corrected chi connectivity index (χ0v) is 28.3. The molecule has 0 aliphatic carbocycles. The largest absolute Gasteiger partial charge is 0.496 e. The van der Waals surface area contributed by atoms with Crippen LogP contribution in [-0.2, 0) is 30.9 Å². The van der Waals surface area contributed by atoms with Crippen LogP contribution in [0.5, 0.6) is 11.5 Å². The lowest BCUT2D eigenvalue weighted by molar-refractivity contribution is 0.410. The van der Waals surface area contributed by atoms with Crippen molar-refractivity contribution < 1.29 is 26.3 Å². The summed E-state index contributed by atoms with van der Waals surface area (Å²) in [5.41, 5.74) is 1.86. The molecule has 228 valence electrons. The van der Waals surface area contributed by atoms with Gasteiger partial charge in [-0.1, -0.05) is 72.8 Å². The summed E-state index contributed by atoms with van der Waals surface area (Å²) in [6.45, 7) is 0. The smallest absolute Gasteiger partial charge is 0.263 e. The Morgan fingerprint density at radius 3 is 1.25 bits per heavy atom. The van der Waals surface area contributed by atoms with Gasteiger partial charge in [-0.2, -0.15) is 0 Å². The van der Waals surface area contributed by atoms with E-state index >= 15 is 0 Å². The van der Waals surface area contributed by atoms with Crippen molar-refractivity contribution in [3.05, 3.63) is 118 Å². The Morgan fingerprint density at radius 1 is 0.545 bits per heavy atom. The molecule has 0 aliphatic heterocycles. The number of thiophene rings is 2. The van der Waals surface area contributed by atoms with Crippen LogP contribution in [0.4, 0.5) is 0 Å². The first-order valence-electron chi connectivity index (χ1n) is 13.1. The number of fused-ring (bicyclic) bond motifs is 2. The van der Waals surface area contributed by atoms with Crippen molar-refractivity contribution in [2.75, 3.05) is 14.2 Å². The number of benzene rings is 4. The molecular weight excluding hydrogens is 680 g/mol. The molecule has 44 heavy (non-hydrogen) atoms. The molecule has 2 aromatic heterocycles. The third kappa shape index (κ3) is 7.06. The van der Waals surface area contributed by atoms with Crippen molar-refractivity contribution in [3.63, 3.8) is 0 Å². The molecule has 0 saturated heterocycles. The Kier molecular flexibility index (Phi) is 9.89. The predicted octanol–water partition coefficient (Wildman–Crippen LogP) is 8.86. The molecule has 0 bridgehead atoms. The zero-order valence-electron chi connectivity index (χ0n) is 23.5. The minimum absolute atomic E-state index is 0.209. The molecule has 6 nitrogen and oxygen atoms in total. The van der Waals surface area contributed by atoms with Gasteiger partial charge < -0.3 is 9.47 Å². The Labute approximate surface area is 273 Å². The van der Waals surface area contributed by atoms with Gasteiger partial charge in [0, 0.05) is 64.1 Å². The average Bonchev–Trinajstić information content (AvgIpc) is 3.56. The molecule has 0 amide bonds. The van der Waals surface area contributed by atoms with Gasteiger partial charge in [-0.15, -0.1) is 22.7 Å². The molecule has 6 rings (SSSR count). The maximum atomic E-state index is 12.0. The lowest BCUT2D eigenvalue weighted by Crippen LogP contribution is -1.97. The Bertz CT molecular complexity index is 2010. The quantitative estimate of drug-likeness (QED) is 0.147. The summed E-state index contributed by atoms with van der Waals surface area (Å²) in [5.74, 6) is 1.47. The minimum atomic E-state index is -3.81. The monoisotopic (exact) mass is 704 g/mol. The number of rotatable bonds is 8. The van der Waals surface area contributed by atoms with Gasteiger partial charge in [0.05, 0.1) is 14.2 Å². The molecule has 0 spiro atoms. The highest BCUT2D eigenvalue weighted by Gasteiger charge is 2.24. The van der Waals surface area contributed by atoms with Crippen LogP contribution in [0.1, 0.15) is 20.9 Å². The summed E-state index contributed by atoms with van der Waals surface area (Å²) < 4.78 is 60.6. The van der Waals surface area contributed by atoms with Crippen molar-refractivity contribution in [2.45, 2.75) is 22.6 Å². The molecule has 0 radical (unpaired) electrons. The first-order valence-corrected chi connectivity index (χ1v) is 19.4. The van der Waals surface area contributed by atoms with Gasteiger partial charge in [0.15, 0.2) is 0 Å². The fourth-order valence-electron chi connectivity index (χ4n) is 4.96. The van der Waals surface area contributed by atoms with Gasteiger partial charge in [0.2, 0.25) is 0 Å². The van der Waals surface area contributed by atoms with Crippen LogP contribution in [-0.4, -0.2) is 31.1 Å². The van der Waals surface area contributed by atoms with Crippen molar-refractivity contribution in [3.8, 4) is 11.5 Å². The first kappa shape index (κ1) is 32.3. The van der Waals surface area contributed by atoms with Crippen LogP contribution >= 0.6 is 44.0 Å². The fraction of sp³-hybridized carbons (Fsp3) is 0.125. The van der Waals surface area contributed by atoms with Crippen LogP contribution in [0.15, 0.2) is 107 Å². The number of hydrogen-bond donors (Lipinski definition) is 0. The first-order chi connectivity index (χ1) is 21.0. The second-order valence-corrected chi connectivity index (χ2v) is 16.8. The Hall–Kier alpha value is -3.12. The topological polar surface area (TPSA) is 86.7 Å². The minimum Gasteiger partial charge on any atom is -0.496 e. The Morgan fingerprint density at radius 2 is 0.886 bits per heavy atom. The molecule has 4 aromatic carbocycles. The molecule has 0 N–H and O–H groups in total.